The van der Waals surface area contributed by atoms with Crippen molar-refractivity contribution in [2.24, 2.45) is 7.05 Å². The molecule has 218 valence electrons. The molecule has 1 aliphatic rings. The molecule has 1 aliphatic heterocycles. The number of anilines is 4. The number of carbonyl (C=O) groups is 2. The van der Waals surface area contributed by atoms with Crippen molar-refractivity contribution < 1.29 is 19.4 Å². The number of rotatable bonds is 10. The smallest absolute Gasteiger partial charge is 0.339 e. The van der Waals surface area contributed by atoms with Crippen molar-refractivity contribution in [3.05, 3.63) is 67.0 Å². The van der Waals surface area contributed by atoms with Crippen LogP contribution >= 0.6 is 0 Å². The van der Waals surface area contributed by atoms with Crippen molar-refractivity contribution in [1.82, 2.24) is 19.4 Å². The first-order valence-corrected chi connectivity index (χ1v) is 13.7. The summed E-state index contributed by atoms with van der Waals surface area (Å²) >= 11 is 0. The fourth-order valence-corrected chi connectivity index (χ4v) is 5.51. The summed E-state index contributed by atoms with van der Waals surface area (Å²) in [4.78, 5) is 37.9. The molecule has 42 heavy (non-hydrogen) atoms. The standard InChI is InChI=1S/C31H35N7O4/c1-6-28(39)33-23-14-24(27(42-5)15-26(23)37(3)17-19-10-9-13-36(19)2)34-31-32-16-21(30(40)41)29(35-31)22-18-38(4)25-12-8-7-11-20(22)25/h6-8,11-12,14-16,18-19H,1,9-10,13,17H2,2-5H3,(H,33,39)(H,40,41)(H,32,34,35)/t19-/m1/s1. The van der Waals surface area contributed by atoms with Crippen molar-refractivity contribution in [2.75, 3.05) is 49.8 Å². The van der Waals surface area contributed by atoms with Gasteiger partial charge in [-0.05, 0) is 44.6 Å². The maximum absolute atomic E-state index is 12.4. The molecule has 0 radical (unpaired) electrons. The number of hydrogen-bond acceptors (Lipinski definition) is 8. The summed E-state index contributed by atoms with van der Waals surface area (Å²) in [5, 5.41) is 16.9. The maximum Gasteiger partial charge on any atom is 0.339 e. The second-order valence-electron chi connectivity index (χ2n) is 10.5. The first-order valence-electron chi connectivity index (χ1n) is 13.7. The number of nitrogens with one attached hydrogen (secondary N) is 2. The van der Waals surface area contributed by atoms with Gasteiger partial charge in [-0.1, -0.05) is 24.8 Å². The largest absolute Gasteiger partial charge is 0.494 e. The number of carboxylic acid groups (broad SMARTS) is 1. The summed E-state index contributed by atoms with van der Waals surface area (Å²) in [6.07, 6.45) is 6.63. The van der Waals surface area contributed by atoms with Gasteiger partial charge in [0.25, 0.3) is 0 Å². The molecule has 0 spiro atoms. The minimum absolute atomic E-state index is 0.0170. The van der Waals surface area contributed by atoms with Gasteiger partial charge in [0.1, 0.15) is 11.3 Å². The summed E-state index contributed by atoms with van der Waals surface area (Å²) in [5.74, 6) is -0.794. The lowest BCUT2D eigenvalue weighted by molar-refractivity contribution is -0.111. The van der Waals surface area contributed by atoms with E-state index >= 15 is 0 Å². The minimum atomic E-state index is -1.13. The Morgan fingerprint density at radius 1 is 1.24 bits per heavy atom. The number of para-hydroxylation sites is 1. The molecule has 3 N–H and O–H groups in total. The molecule has 1 saturated heterocycles. The van der Waals surface area contributed by atoms with Crippen LogP contribution in [0.1, 0.15) is 23.2 Å². The number of nitrogens with zero attached hydrogens (tertiary/aromatic N) is 5. The predicted molar refractivity (Wildman–Crippen MR) is 165 cm³/mol. The van der Waals surface area contributed by atoms with Gasteiger partial charge in [-0.2, -0.15) is 0 Å². The third kappa shape index (κ3) is 5.64. The second kappa shape index (κ2) is 11.9. The Morgan fingerprint density at radius 3 is 2.71 bits per heavy atom. The normalized spacial score (nSPS) is 15.0. The van der Waals surface area contributed by atoms with E-state index in [9.17, 15) is 14.7 Å². The number of likely N-dealkylation sites (tertiary alicyclic amines) is 1. The van der Waals surface area contributed by atoms with Crippen LogP contribution in [0.5, 0.6) is 5.75 Å². The molecule has 2 aromatic carbocycles. The van der Waals surface area contributed by atoms with Crippen LogP contribution in [0.15, 0.2) is 61.4 Å². The van der Waals surface area contributed by atoms with Gasteiger partial charge in [-0.3, -0.25) is 4.79 Å². The Morgan fingerprint density at radius 2 is 2.02 bits per heavy atom. The lowest BCUT2D eigenvalue weighted by atomic mass is 10.1. The number of hydrogen-bond donors (Lipinski definition) is 3. The molecule has 1 amide bonds. The van der Waals surface area contributed by atoms with E-state index < -0.39 is 5.97 Å². The van der Waals surface area contributed by atoms with Crippen molar-refractivity contribution in [2.45, 2.75) is 18.9 Å². The number of fused-ring (bicyclic) bond motifs is 1. The molecular formula is C31H35N7O4. The number of carbonyl (C=O) groups excluding carboxylic acids is 1. The number of methoxy groups -OCH3 is 1. The van der Waals surface area contributed by atoms with Crippen LogP contribution in [-0.4, -0.2) is 76.8 Å². The van der Waals surface area contributed by atoms with Gasteiger partial charge in [-0.15, -0.1) is 0 Å². The minimum Gasteiger partial charge on any atom is -0.494 e. The van der Waals surface area contributed by atoms with E-state index in [4.69, 9.17) is 4.74 Å². The number of aromatic nitrogens is 3. The summed E-state index contributed by atoms with van der Waals surface area (Å²) in [7, 11) is 7.58. The van der Waals surface area contributed by atoms with E-state index in [0.717, 1.165) is 42.5 Å². The number of aryl methyl sites for hydroxylation is 1. The van der Waals surface area contributed by atoms with E-state index in [1.54, 1.807) is 13.2 Å². The van der Waals surface area contributed by atoms with Crippen LogP contribution < -0.4 is 20.3 Å². The van der Waals surface area contributed by atoms with Crippen LogP contribution in [0.4, 0.5) is 23.0 Å². The highest BCUT2D eigenvalue weighted by Gasteiger charge is 2.25. The average Bonchev–Trinajstić information content (AvgIpc) is 3.54. The number of carboxylic acids is 1. The molecule has 0 saturated carbocycles. The lowest BCUT2D eigenvalue weighted by Crippen LogP contribution is -2.37. The quantitative estimate of drug-likeness (QED) is 0.232. The molecule has 0 aliphatic carbocycles. The number of benzene rings is 2. The number of ether oxygens (including phenoxy) is 1. The first kappa shape index (κ1) is 28.6. The molecule has 11 nitrogen and oxygen atoms in total. The van der Waals surface area contributed by atoms with Crippen LogP contribution in [0.3, 0.4) is 0 Å². The van der Waals surface area contributed by atoms with Crippen molar-refractivity contribution in [3.8, 4) is 17.0 Å². The van der Waals surface area contributed by atoms with Crippen molar-refractivity contribution in [1.29, 1.82) is 0 Å². The second-order valence-corrected chi connectivity index (χ2v) is 10.5. The summed E-state index contributed by atoms with van der Waals surface area (Å²) in [6, 6.07) is 11.7. The SMILES string of the molecule is C=CC(=O)Nc1cc(Nc2ncc(C(=O)O)c(-c3cn(C)c4ccccc34)n2)c(OC)cc1N(C)C[C@H]1CCCN1C. The third-order valence-corrected chi connectivity index (χ3v) is 7.75. The van der Waals surface area contributed by atoms with E-state index in [2.05, 4.69) is 44.0 Å². The van der Waals surface area contributed by atoms with Crippen LogP contribution in [-0.2, 0) is 11.8 Å². The topological polar surface area (TPSA) is 125 Å². The van der Waals surface area contributed by atoms with Crippen molar-refractivity contribution >= 4 is 45.8 Å². The zero-order valence-electron chi connectivity index (χ0n) is 24.2. The summed E-state index contributed by atoms with van der Waals surface area (Å²) < 4.78 is 7.67. The van der Waals surface area contributed by atoms with Gasteiger partial charge in [0.05, 0.1) is 29.9 Å². The zero-order valence-corrected chi connectivity index (χ0v) is 24.2. The van der Waals surface area contributed by atoms with Crippen molar-refractivity contribution in [3.63, 3.8) is 0 Å². The number of aromatic carboxylic acids is 1. The Labute approximate surface area is 244 Å². The van der Waals surface area contributed by atoms with Gasteiger partial charge < -0.3 is 34.8 Å². The van der Waals surface area contributed by atoms with Gasteiger partial charge in [0.15, 0.2) is 0 Å². The van der Waals surface area contributed by atoms with Gasteiger partial charge in [0.2, 0.25) is 11.9 Å². The third-order valence-electron chi connectivity index (χ3n) is 7.75. The number of amides is 1. The Bertz CT molecular complexity index is 1660. The Kier molecular flexibility index (Phi) is 8.12. The molecule has 1 fully saturated rings. The molecule has 4 aromatic rings. The fraction of sp³-hybridized carbons (Fsp3) is 0.290. The highest BCUT2D eigenvalue weighted by molar-refractivity contribution is 6.03. The highest BCUT2D eigenvalue weighted by atomic mass is 16.5. The lowest BCUT2D eigenvalue weighted by Gasteiger charge is -2.29. The van der Waals surface area contributed by atoms with Gasteiger partial charge in [0, 0.05) is 61.6 Å². The van der Waals surface area contributed by atoms with Gasteiger partial charge >= 0.3 is 5.97 Å². The fourth-order valence-electron chi connectivity index (χ4n) is 5.51. The summed E-state index contributed by atoms with van der Waals surface area (Å²) in [5.41, 5.74) is 3.73. The Balaban J connectivity index is 1.55. The predicted octanol–water partition coefficient (Wildman–Crippen LogP) is 4.74. The van der Waals surface area contributed by atoms with Crippen LogP contribution in [0.25, 0.3) is 22.2 Å². The molecule has 3 heterocycles. The highest BCUT2D eigenvalue weighted by Crippen LogP contribution is 2.39. The van der Waals surface area contributed by atoms with Gasteiger partial charge in [-0.25, -0.2) is 14.8 Å². The van der Waals surface area contributed by atoms with E-state index in [1.807, 2.05) is 55.2 Å². The maximum atomic E-state index is 12.4. The molecule has 1 atom stereocenters. The monoisotopic (exact) mass is 569 g/mol. The number of likely N-dealkylation sites (N-methyl/N-ethyl adjacent to an activating group) is 2. The molecule has 0 unspecified atom stereocenters. The zero-order chi connectivity index (χ0) is 30.0. The van der Waals surface area contributed by atoms with Crippen LogP contribution in [0.2, 0.25) is 0 Å². The van der Waals surface area contributed by atoms with E-state index in [1.165, 1.54) is 12.3 Å². The summed E-state index contributed by atoms with van der Waals surface area (Å²) in [6.45, 7) is 5.43. The molecule has 5 rings (SSSR count). The molecule has 2 aromatic heterocycles. The molecule has 11 heteroatoms. The average molecular weight is 570 g/mol. The van der Waals surface area contributed by atoms with E-state index in [-0.39, 0.29) is 23.1 Å². The molecule has 0 bridgehead atoms. The Hall–Kier alpha value is -4.90. The van der Waals surface area contributed by atoms with E-state index in [0.29, 0.717) is 28.7 Å². The first-order chi connectivity index (χ1) is 20.2. The van der Waals surface area contributed by atoms with Crippen LogP contribution in [0, 0.1) is 0 Å². The molecular weight excluding hydrogens is 534 g/mol.